The van der Waals surface area contributed by atoms with E-state index in [-0.39, 0.29) is 72.9 Å². The second-order valence-corrected chi connectivity index (χ2v) is 19.4. The highest BCUT2D eigenvalue weighted by Crippen LogP contribution is 2.68. The Kier molecular flexibility index (Phi) is 10.4. The molecule has 0 radical (unpaired) electrons. The van der Waals surface area contributed by atoms with E-state index in [1.54, 1.807) is 18.3 Å². The van der Waals surface area contributed by atoms with E-state index in [4.69, 9.17) is 21.6 Å². The zero-order chi connectivity index (χ0) is 46.7. The van der Waals surface area contributed by atoms with Crippen LogP contribution in [0.4, 0.5) is 32.2 Å². The number of alkyl halides is 4. The molecule has 4 aromatic heterocycles. The van der Waals surface area contributed by atoms with Crippen molar-refractivity contribution < 1.29 is 39.6 Å². The molecule has 2 aliphatic rings. The van der Waals surface area contributed by atoms with E-state index in [9.17, 15) is 30.8 Å². The van der Waals surface area contributed by atoms with E-state index in [0.717, 1.165) is 23.0 Å². The van der Waals surface area contributed by atoms with Crippen molar-refractivity contribution in [2.45, 2.75) is 69.9 Å². The number of carbonyl (C=O) groups excluding carboxylic acids is 1. The standard InChI is InChI=1S/C43H37ClF6N10O4S/c1-42(2,3)30-10-11-51-38(54-30)20-6-7-23-27(15-20)53-40(60(41(23)62)29-9-8-26(44)33-35(29)58(4)56-39(33)57-65(5,63)64)28(14-19-12-21(45)16-22(46)13-19)52-31(61)18-59-36-32(34(55-59)37(47)48)24-17-25(24)43(36,49)50/h6-13,15-16,24-25,28,37H,14,17-18H2,1-5H3,(H,52,61)(H,56,57)/t24-,25+,28-/m0/s1. The number of benzene rings is 3. The summed E-state index contributed by atoms with van der Waals surface area (Å²) in [7, 11) is -2.47. The van der Waals surface area contributed by atoms with Crippen molar-refractivity contribution in [3.8, 4) is 17.1 Å². The van der Waals surface area contributed by atoms with Crippen molar-refractivity contribution in [2.75, 3.05) is 11.0 Å². The van der Waals surface area contributed by atoms with Crippen LogP contribution in [0, 0.1) is 17.6 Å². The Balaban J connectivity index is 1.26. The minimum atomic E-state index is -3.92. The number of rotatable bonds is 11. The Hall–Kier alpha value is -6.35. The van der Waals surface area contributed by atoms with Crippen molar-refractivity contribution in [1.82, 2.24) is 44.4 Å². The summed E-state index contributed by atoms with van der Waals surface area (Å²) in [6.45, 7) is 4.91. The number of anilines is 1. The number of nitrogens with one attached hydrogen (secondary N) is 2. The van der Waals surface area contributed by atoms with Crippen molar-refractivity contribution in [2.24, 2.45) is 13.0 Å². The lowest BCUT2D eigenvalue weighted by Crippen LogP contribution is -2.38. The molecule has 4 heterocycles. The molecule has 1 fully saturated rings. The summed E-state index contributed by atoms with van der Waals surface area (Å²) in [6.07, 6.45) is -1.21. The van der Waals surface area contributed by atoms with E-state index < -0.39 is 87.7 Å². The van der Waals surface area contributed by atoms with Gasteiger partial charge in [-0.25, -0.2) is 40.9 Å². The third-order valence-corrected chi connectivity index (χ3v) is 12.4. The molecule has 0 aliphatic heterocycles. The van der Waals surface area contributed by atoms with Gasteiger partial charge < -0.3 is 5.32 Å². The second kappa shape index (κ2) is 15.4. The quantitative estimate of drug-likeness (QED) is 0.123. The van der Waals surface area contributed by atoms with Gasteiger partial charge in [-0.15, -0.1) is 0 Å². The van der Waals surface area contributed by atoms with Crippen LogP contribution >= 0.6 is 11.6 Å². The van der Waals surface area contributed by atoms with Crippen molar-refractivity contribution in [3.63, 3.8) is 0 Å². The van der Waals surface area contributed by atoms with Gasteiger partial charge in [-0.2, -0.15) is 19.0 Å². The summed E-state index contributed by atoms with van der Waals surface area (Å²) >= 11 is 6.65. The fourth-order valence-electron chi connectivity index (χ4n) is 8.63. The Morgan fingerprint density at radius 3 is 2.42 bits per heavy atom. The number of fused-ring (bicyclic) bond motifs is 5. The molecule has 0 bridgehead atoms. The fourth-order valence-corrected chi connectivity index (χ4v) is 9.37. The average Bonchev–Trinajstić information content (AvgIpc) is 3.75. The lowest BCUT2D eigenvalue weighted by Gasteiger charge is -2.24. The number of carbonyl (C=O) groups is 1. The SMILES string of the molecule is Cn1nc(NS(C)(=O)=O)c2c(Cl)ccc(-n3c([C@H](Cc4cc(F)cc(F)c4)NC(=O)Cn4nc(C(F)F)c5c4C(F)(F)[C@@H]4C[C@H]54)nc4cc(-c5nccc(C(C)(C)C)n5)ccc4c3=O)c21. The lowest BCUT2D eigenvalue weighted by atomic mass is 9.92. The molecule has 22 heteroatoms. The van der Waals surface area contributed by atoms with Crippen LogP contribution in [-0.2, 0) is 46.2 Å². The molecule has 0 unspecified atom stereocenters. The van der Waals surface area contributed by atoms with Gasteiger partial charge >= 0.3 is 0 Å². The largest absolute Gasteiger partial charge is 0.344 e. The Labute approximate surface area is 370 Å². The highest BCUT2D eigenvalue weighted by Gasteiger charge is 2.67. The zero-order valence-electron chi connectivity index (χ0n) is 35.0. The fraction of sp³-hybridized carbons (Fsp3) is 0.326. The molecule has 3 aromatic carbocycles. The number of nitrogens with zero attached hydrogens (tertiary/aromatic N) is 8. The zero-order valence-corrected chi connectivity index (χ0v) is 36.5. The summed E-state index contributed by atoms with van der Waals surface area (Å²) in [4.78, 5) is 43.4. The first kappa shape index (κ1) is 43.9. The van der Waals surface area contributed by atoms with E-state index in [1.807, 2.05) is 20.8 Å². The monoisotopic (exact) mass is 938 g/mol. The minimum Gasteiger partial charge on any atom is -0.344 e. The highest BCUT2D eigenvalue weighted by atomic mass is 35.5. The molecule has 65 heavy (non-hydrogen) atoms. The molecule has 2 N–H and O–H groups in total. The molecule has 0 saturated heterocycles. The van der Waals surface area contributed by atoms with Gasteiger partial charge in [0.2, 0.25) is 15.9 Å². The summed E-state index contributed by atoms with van der Waals surface area (Å²) in [5, 5.41) is 10.9. The molecular weight excluding hydrogens is 902 g/mol. The van der Waals surface area contributed by atoms with Gasteiger partial charge in [-0.1, -0.05) is 38.4 Å². The lowest BCUT2D eigenvalue weighted by molar-refractivity contribution is -0.123. The predicted octanol–water partition coefficient (Wildman–Crippen LogP) is 7.77. The van der Waals surface area contributed by atoms with Crippen molar-refractivity contribution >= 4 is 55.2 Å². The normalized spacial score (nSPS) is 17.1. The van der Waals surface area contributed by atoms with E-state index in [2.05, 4.69) is 25.2 Å². The molecule has 9 rings (SSSR count). The summed E-state index contributed by atoms with van der Waals surface area (Å²) in [5.41, 5.74) is -1.79. The number of aromatic nitrogens is 8. The molecule has 338 valence electrons. The van der Waals surface area contributed by atoms with Gasteiger partial charge in [-0.05, 0) is 60.4 Å². The van der Waals surface area contributed by atoms with Gasteiger partial charge in [0.25, 0.3) is 17.9 Å². The van der Waals surface area contributed by atoms with Crippen LogP contribution in [0.2, 0.25) is 5.02 Å². The minimum absolute atomic E-state index is 0.00859. The molecule has 2 aliphatic carbocycles. The number of halogens is 7. The molecule has 3 atom stereocenters. The van der Waals surface area contributed by atoms with Crippen LogP contribution in [0.3, 0.4) is 0 Å². The number of hydrogen-bond acceptors (Lipinski definition) is 9. The van der Waals surface area contributed by atoms with E-state index in [1.165, 1.54) is 36.0 Å². The molecule has 7 aromatic rings. The summed E-state index contributed by atoms with van der Waals surface area (Å²) in [5.74, 6) is -8.79. The maximum Gasteiger partial charge on any atom is 0.293 e. The van der Waals surface area contributed by atoms with E-state index in [0.29, 0.717) is 22.0 Å². The first-order valence-electron chi connectivity index (χ1n) is 20.1. The molecule has 14 nitrogen and oxygen atoms in total. The van der Waals surface area contributed by atoms with Gasteiger partial charge in [-0.3, -0.25) is 28.2 Å². The molecular formula is C43H37ClF6N10O4S. The Morgan fingerprint density at radius 2 is 1.74 bits per heavy atom. The molecule has 0 spiro atoms. The average molecular weight is 939 g/mol. The molecule has 1 saturated carbocycles. The van der Waals surface area contributed by atoms with Crippen LogP contribution in [0.15, 0.2) is 65.6 Å². The maximum atomic E-state index is 15.6. The number of hydrogen-bond donors (Lipinski definition) is 2. The summed E-state index contributed by atoms with van der Waals surface area (Å²) in [6, 6.07) is 10.2. The smallest absolute Gasteiger partial charge is 0.293 e. The Morgan fingerprint density at radius 1 is 1.02 bits per heavy atom. The van der Waals surface area contributed by atoms with E-state index >= 15 is 13.6 Å². The predicted molar refractivity (Wildman–Crippen MR) is 228 cm³/mol. The third-order valence-electron chi connectivity index (χ3n) is 11.5. The Bertz CT molecular complexity index is 3290. The van der Waals surface area contributed by atoms with Gasteiger partial charge in [0.1, 0.15) is 35.4 Å². The van der Waals surface area contributed by atoms with Crippen LogP contribution in [0.25, 0.3) is 38.9 Å². The highest BCUT2D eigenvalue weighted by molar-refractivity contribution is 7.92. The van der Waals surface area contributed by atoms with Crippen LogP contribution in [-0.4, -0.2) is 59.7 Å². The van der Waals surface area contributed by atoms with Crippen LogP contribution < -0.4 is 15.6 Å². The first-order chi connectivity index (χ1) is 30.5. The first-order valence-corrected chi connectivity index (χ1v) is 22.3. The van der Waals surface area contributed by atoms with Gasteiger partial charge in [0, 0.05) is 53.9 Å². The number of aryl methyl sites for hydroxylation is 1. The summed E-state index contributed by atoms with van der Waals surface area (Å²) < 4.78 is 119. The van der Waals surface area contributed by atoms with Gasteiger partial charge in [0.15, 0.2) is 11.6 Å². The van der Waals surface area contributed by atoms with Crippen LogP contribution in [0.5, 0.6) is 0 Å². The third kappa shape index (κ3) is 7.87. The van der Waals surface area contributed by atoms with Crippen molar-refractivity contribution in [1.29, 1.82) is 0 Å². The second-order valence-electron chi connectivity index (χ2n) is 17.3. The number of sulfonamides is 1. The van der Waals surface area contributed by atoms with Crippen molar-refractivity contribution in [3.05, 3.63) is 122 Å². The topological polar surface area (TPSA) is 172 Å². The van der Waals surface area contributed by atoms with Gasteiger partial charge in [0.05, 0.1) is 44.8 Å². The number of amides is 1. The maximum absolute atomic E-state index is 15.6. The molecule has 1 amide bonds. The van der Waals surface area contributed by atoms with Crippen LogP contribution in [0.1, 0.15) is 79.6 Å².